The molecule has 0 saturated carbocycles. The van der Waals surface area contributed by atoms with Crippen LogP contribution in [-0.2, 0) is 23.8 Å². The fraction of sp³-hybridized carbons (Fsp3) is 0.600. The minimum absolute atomic E-state index is 0.0412. The highest BCUT2D eigenvalue weighted by atomic mass is 35.5. The minimum atomic E-state index is -6.00. The van der Waals surface area contributed by atoms with Crippen LogP contribution in [0.4, 0.5) is 23.1 Å². The largest absolute Gasteiger partial charge is 0.673 e. The Morgan fingerprint density at radius 2 is 1.81 bits per heavy atom. The van der Waals surface area contributed by atoms with Gasteiger partial charge in [-0.1, -0.05) is 0 Å². The highest BCUT2D eigenvalue weighted by Crippen LogP contribution is 2.36. The number of ether oxygens (including phenoxy) is 4. The van der Waals surface area contributed by atoms with Crippen LogP contribution >= 0.6 is 23.2 Å². The van der Waals surface area contributed by atoms with Crippen LogP contribution in [0.15, 0.2) is 12.3 Å². The predicted molar refractivity (Wildman–Crippen MR) is 98.9 cm³/mol. The van der Waals surface area contributed by atoms with Crippen LogP contribution in [0.2, 0.25) is 0 Å². The molecule has 0 bridgehead atoms. The van der Waals surface area contributed by atoms with Crippen LogP contribution in [-0.4, -0.2) is 60.9 Å². The molecule has 0 radical (unpaired) electrons. The minimum Gasteiger partial charge on any atom is -0.463 e. The Morgan fingerprint density at radius 1 is 1.19 bits per heavy atom. The average Bonchev–Trinajstić information content (AvgIpc) is 3.15. The number of nitrogen functional groups attached to an aromatic ring is 1. The first kappa shape index (κ1) is 25.2. The zero-order chi connectivity index (χ0) is 23.2. The Kier molecular flexibility index (Phi) is 8.95. The fourth-order valence-corrected chi connectivity index (χ4v) is 3.08. The van der Waals surface area contributed by atoms with E-state index in [0.717, 1.165) is 0 Å². The molecule has 1 aromatic heterocycles. The number of rotatable bonds is 7. The lowest BCUT2D eigenvalue weighted by Crippen LogP contribution is -2.41. The van der Waals surface area contributed by atoms with Crippen molar-refractivity contribution in [3.05, 3.63) is 12.3 Å². The van der Waals surface area contributed by atoms with Crippen LogP contribution in [0.5, 0.6) is 6.01 Å². The summed E-state index contributed by atoms with van der Waals surface area (Å²) in [6, 6.07) is 1.86. The summed E-state index contributed by atoms with van der Waals surface area (Å²) in [4.78, 5) is 27.6. The first-order valence-corrected chi connectivity index (χ1v) is 9.94. The third kappa shape index (κ3) is 7.54. The number of nitrogens with two attached hydrogens (primary N) is 1. The molecule has 3 rings (SSSR count). The van der Waals surface area contributed by atoms with Gasteiger partial charge in [-0.3, -0.25) is 9.59 Å². The van der Waals surface area contributed by atoms with Crippen LogP contribution in [0.1, 0.15) is 19.1 Å². The molecule has 2 aliphatic rings. The van der Waals surface area contributed by atoms with E-state index in [9.17, 15) is 26.9 Å². The summed E-state index contributed by atoms with van der Waals surface area (Å²) in [5.41, 5.74) is 5.66. The molecule has 0 spiro atoms. The van der Waals surface area contributed by atoms with Gasteiger partial charge in [0.05, 0.1) is 12.8 Å². The van der Waals surface area contributed by atoms with E-state index in [1.165, 1.54) is 0 Å². The number of hydrogen-bond acceptors (Lipinski definition) is 8. The van der Waals surface area contributed by atoms with Crippen molar-refractivity contribution < 1.29 is 50.4 Å². The molecule has 0 aromatic carbocycles. The van der Waals surface area contributed by atoms with Crippen molar-refractivity contribution in [2.75, 3.05) is 24.1 Å². The number of aromatic nitrogens is 2. The van der Waals surface area contributed by atoms with Crippen molar-refractivity contribution in [2.24, 2.45) is 0 Å². The van der Waals surface area contributed by atoms with Crippen LogP contribution in [0, 0.1) is 0 Å². The van der Waals surface area contributed by atoms with Gasteiger partial charge in [-0.25, -0.2) is 0 Å². The number of hydrogen-bond donors (Lipinski definition) is 1. The molecule has 174 valence electrons. The summed E-state index contributed by atoms with van der Waals surface area (Å²) in [6.07, 6.45) is -0.913. The molecule has 3 heterocycles. The molecule has 2 aliphatic heterocycles. The van der Waals surface area contributed by atoms with E-state index < -0.39 is 43.7 Å². The molecular formula is C15H18BCl2F4N3O6. The van der Waals surface area contributed by atoms with Gasteiger partial charge >= 0.3 is 25.2 Å². The first-order chi connectivity index (χ1) is 14.5. The Bertz CT molecular complexity index is 788. The van der Waals surface area contributed by atoms with Gasteiger partial charge in [0.15, 0.2) is 6.10 Å². The summed E-state index contributed by atoms with van der Waals surface area (Å²) in [5.74, 6) is -0.385. The smallest absolute Gasteiger partial charge is 0.463 e. The second kappa shape index (κ2) is 11.0. The van der Waals surface area contributed by atoms with E-state index in [4.69, 9.17) is 47.9 Å². The molecule has 2 N–H and O–H groups in total. The number of carbonyl (C=O) groups is 2. The Hall–Kier alpha value is -2.06. The van der Waals surface area contributed by atoms with Crippen molar-refractivity contribution >= 4 is 48.2 Å². The van der Waals surface area contributed by atoms with E-state index in [1.54, 1.807) is 16.8 Å². The average molecular weight is 494 g/mol. The van der Waals surface area contributed by atoms with Gasteiger partial charge in [0.25, 0.3) is 0 Å². The second-order valence-electron chi connectivity index (χ2n) is 6.20. The van der Waals surface area contributed by atoms with Crippen molar-refractivity contribution in [3.63, 3.8) is 0 Å². The number of halogens is 6. The Morgan fingerprint density at radius 3 is 2.42 bits per heavy atom. The van der Waals surface area contributed by atoms with Gasteiger partial charge < -0.3 is 41.9 Å². The molecule has 1 saturated heterocycles. The quantitative estimate of drug-likeness (QED) is 0.200. The maximum Gasteiger partial charge on any atom is 0.673 e. The number of alkyl halides is 2. The molecule has 0 aliphatic carbocycles. The lowest BCUT2D eigenvalue weighted by molar-refractivity contribution is -0.746. The number of fused-ring (bicyclic) bond motifs is 3. The van der Waals surface area contributed by atoms with Gasteiger partial charge in [0.1, 0.15) is 18.9 Å². The van der Waals surface area contributed by atoms with Crippen molar-refractivity contribution in [1.82, 2.24) is 4.98 Å². The molecule has 4 atom stereocenters. The van der Waals surface area contributed by atoms with Gasteiger partial charge in [-0.2, -0.15) is 4.57 Å². The van der Waals surface area contributed by atoms with Gasteiger partial charge in [0.2, 0.25) is 18.1 Å². The topological polar surface area (TPSA) is 114 Å². The molecular weight excluding hydrogens is 476 g/mol. The Balaban J connectivity index is 0.000000614. The zero-order valence-corrected chi connectivity index (χ0v) is 17.3. The van der Waals surface area contributed by atoms with Gasteiger partial charge in [-0.05, 0) is 0 Å². The highest BCUT2D eigenvalue weighted by Gasteiger charge is 2.58. The third-order valence-corrected chi connectivity index (χ3v) is 4.30. The second-order valence-corrected chi connectivity index (χ2v) is 6.96. The summed E-state index contributed by atoms with van der Waals surface area (Å²) in [5, 5.41) is 0. The first-order valence-electron chi connectivity index (χ1n) is 8.87. The van der Waals surface area contributed by atoms with Crippen molar-refractivity contribution in [3.8, 4) is 6.01 Å². The van der Waals surface area contributed by atoms with Crippen molar-refractivity contribution in [2.45, 2.75) is 37.4 Å². The molecule has 31 heavy (non-hydrogen) atoms. The molecule has 1 aromatic rings. The molecule has 0 amide bonds. The zero-order valence-electron chi connectivity index (χ0n) is 15.8. The number of esters is 2. The monoisotopic (exact) mass is 493 g/mol. The van der Waals surface area contributed by atoms with E-state index >= 15 is 0 Å². The number of nitrogens with zero attached hydrogens (tertiary/aromatic N) is 2. The molecule has 0 unspecified atom stereocenters. The summed E-state index contributed by atoms with van der Waals surface area (Å²) in [7, 11) is -6.00. The molecule has 1 fully saturated rings. The normalized spacial score (nSPS) is 23.7. The van der Waals surface area contributed by atoms with Gasteiger partial charge in [0, 0.05) is 22.8 Å². The van der Waals surface area contributed by atoms with E-state index in [-0.39, 0.29) is 37.2 Å². The number of carbonyl (C=O) groups excluding carboxylic acids is 2. The van der Waals surface area contributed by atoms with E-state index in [0.29, 0.717) is 5.82 Å². The third-order valence-electron chi connectivity index (χ3n) is 3.93. The van der Waals surface area contributed by atoms with Crippen LogP contribution in [0.25, 0.3) is 0 Å². The van der Waals surface area contributed by atoms with Crippen LogP contribution in [0.3, 0.4) is 0 Å². The van der Waals surface area contributed by atoms with Crippen LogP contribution < -0.4 is 15.0 Å². The maximum absolute atomic E-state index is 11.9. The van der Waals surface area contributed by atoms with Gasteiger partial charge in [-0.15, -0.1) is 23.2 Å². The SMILES string of the molecule is F[B-](F)(F)F.Nc1cc[n+]2c(n1)O[C@@H]1[C@H](OC(=O)CCCl)[C@@H](COC(=O)CCCl)O[C@H]12. The van der Waals surface area contributed by atoms with E-state index in [1.807, 2.05) is 0 Å². The summed E-state index contributed by atoms with van der Waals surface area (Å²) in [6.45, 7) is -0.0940. The van der Waals surface area contributed by atoms with Crippen molar-refractivity contribution in [1.29, 1.82) is 0 Å². The fourth-order valence-electron chi connectivity index (χ4n) is 2.77. The highest BCUT2D eigenvalue weighted by molar-refractivity contribution is 6.50. The standard InChI is InChI=1S/C15H17Cl2N3O6.BF4/c16-4-1-10(21)23-7-8-12(25-11(22)2-5-17)13-14(24-8)20-6-3-9(18)19-15(20)26-13;2-1(3,4)5/h3,6,8,12-14,18H,1-2,4-5,7H2;/q;-1/p+1/t8-,12-,13-,14-;/m1./s1. The molecule has 9 nitrogen and oxygen atoms in total. The summed E-state index contributed by atoms with van der Waals surface area (Å²) >= 11 is 11.1. The summed E-state index contributed by atoms with van der Waals surface area (Å²) < 4.78 is 62.9. The lowest BCUT2D eigenvalue weighted by Gasteiger charge is -2.20. The van der Waals surface area contributed by atoms with E-state index in [2.05, 4.69) is 4.98 Å². The predicted octanol–water partition coefficient (Wildman–Crippen LogP) is 1.62. The maximum atomic E-state index is 11.9. The lowest BCUT2D eigenvalue weighted by atomic mass is 10.1. The number of anilines is 1. The Labute approximate surface area is 183 Å². The molecule has 16 heteroatoms.